The molecule has 1 atom stereocenters. The Morgan fingerprint density at radius 2 is 2.27 bits per heavy atom. The summed E-state index contributed by atoms with van der Waals surface area (Å²) in [6, 6.07) is 4.88. The van der Waals surface area contributed by atoms with Gasteiger partial charge in [0.1, 0.15) is 5.82 Å². The molecule has 2 fully saturated rings. The number of anilines is 1. The quantitative estimate of drug-likeness (QED) is 0.901. The van der Waals surface area contributed by atoms with Gasteiger partial charge in [0.05, 0.1) is 0 Å². The lowest BCUT2D eigenvalue weighted by Gasteiger charge is -2.27. The van der Waals surface area contributed by atoms with Crippen LogP contribution in [0.4, 0.5) is 10.6 Å². The van der Waals surface area contributed by atoms with E-state index < -0.39 is 0 Å². The van der Waals surface area contributed by atoms with Crippen LogP contribution < -0.4 is 10.2 Å². The smallest absolute Gasteiger partial charge is 0.317 e. The highest BCUT2D eigenvalue weighted by molar-refractivity contribution is 5.76. The van der Waals surface area contributed by atoms with Gasteiger partial charge in [-0.2, -0.15) is 0 Å². The van der Waals surface area contributed by atoms with Crippen LogP contribution in [0.1, 0.15) is 18.4 Å². The Hall–Kier alpha value is -1.82. The van der Waals surface area contributed by atoms with Crippen LogP contribution in [0.2, 0.25) is 0 Å². The summed E-state index contributed by atoms with van der Waals surface area (Å²) in [5.74, 6) is 1.17. The van der Waals surface area contributed by atoms with Crippen molar-refractivity contribution in [1.29, 1.82) is 0 Å². The van der Waals surface area contributed by atoms with Crippen molar-refractivity contribution < 1.29 is 4.79 Å². The molecule has 3 aliphatic heterocycles. The summed E-state index contributed by atoms with van der Waals surface area (Å²) in [5.41, 5.74) is 1.32. The fourth-order valence-corrected chi connectivity index (χ4v) is 3.88. The zero-order chi connectivity index (χ0) is 14.9. The van der Waals surface area contributed by atoms with Gasteiger partial charge < -0.3 is 15.1 Å². The Morgan fingerprint density at radius 1 is 1.32 bits per heavy atom. The van der Waals surface area contributed by atoms with Crippen molar-refractivity contribution in [2.45, 2.75) is 25.4 Å². The summed E-state index contributed by atoms with van der Waals surface area (Å²) in [4.78, 5) is 23.2. The van der Waals surface area contributed by atoms with Gasteiger partial charge in [0.15, 0.2) is 0 Å². The maximum Gasteiger partial charge on any atom is 0.317 e. The van der Waals surface area contributed by atoms with Crippen LogP contribution in [0.25, 0.3) is 0 Å². The second-order valence-electron chi connectivity index (χ2n) is 6.43. The highest BCUT2D eigenvalue weighted by Crippen LogP contribution is 2.31. The molecule has 4 rings (SSSR count). The molecule has 0 spiro atoms. The molecule has 1 N–H and O–H groups in total. The summed E-state index contributed by atoms with van der Waals surface area (Å²) in [5, 5.41) is 2.87. The molecule has 1 aromatic rings. The van der Waals surface area contributed by atoms with E-state index in [1.807, 2.05) is 17.2 Å². The van der Waals surface area contributed by atoms with Crippen molar-refractivity contribution in [3.8, 4) is 0 Å². The van der Waals surface area contributed by atoms with Crippen molar-refractivity contribution in [1.82, 2.24) is 20.1 Å². The third-order valence-corrected chi connectivity index (χ3v) is 5.01. The number of pyridine rings is 1. The Labute approximate surface area is 131 Å². The topological polar surface area (TPSA) is 51.7 Å². The van der Waals surface area contributed by atoms with Crippen LogP contribution in [-0.2, 0) is 6.54 Å². The lowest BCUT2D eigenvalue weighted by atomic mass is 10.2. The normalized spacial score (nSPS) is 24.9. The molecule has 6 nitrogen and oxygen atoms in total. The standard InChI is InChI=1S/C16H23N5O/c22-16-18-6-8-20(16)10-9-19-11-13-3-1-5-17-15(13)21-7-2-4-14(21)12-19/h1,3,5,14H,2,4,6-12H2,(H,18,22)/t14-/m0/s1. The molecule has 0 radical (unpaired) electrons. The molecule has 0 saturated carbocycles. The number of carbonyl (C=O) groups excluding carboxylic acids is 1. The Morgan fingerprint density at radius 3 is 3.14 bits per heavy atom. The van der Waals surface area contributed by atoms with Crippen molar-refractivity contribution in [2.75, 3.05) is 44.2 Å². The van der Waals surface area contributed by atoms with Gasteiger partial charge in [0, 0.05) is 63.6 Å². The average Bonchev–Trinajstić information content (AvgIpc) is 3.11. The van der Waals surface area contributed by atoms with Crippen LogP contribution in [0, 0.1) is 0 Å². The molecule has 3 aliphatic rings. The molecule has 2 saturated heterocycles. The van der Waals surface area contributed by atoms with Crippen LogP contribution in [0.3, 0.4) is 0 Å². The van der Waals surface area contributed by atoms with Crippen molar-refractivity contribution in [3.63, 3.8) is 0 Å². The van der Waals surface area contributed by atoms with E-state index in [1.165, 1.54) is 24.2 Å². The number of nitrogens with zero attached hydrogens (tertiary/aromatic N) is 4. The lowest BCUT2D eigenvalue weighted by molar-refractivity contribution is 0.196. The van der Waals surface area contributed by atoms with E-state index in [4.69, 9.17) is 0 Å². The summed E-state index contributed by atoms with van der Waals surface area (Å²) < 4.78 is 0. The third kappa shape index (κ3) is 2.52. The Balaban J connectivity index is 1.49. The molecule has 6 heteroatoms. The predicted octanol–water partition coefficient (Wildman–Crippen LogP) is 0.891. The molecular weight excluding hydrogens is 278 g/mol. The van der Waals surface area contributed by atoms with Crippen molar-refractivity contribution in [2.24, 2.45) is 0 Å². The molecule has 22 heavy (non-hydrogen) atoms. The first-order chi connectivity index (χ1) is 10.8. The van der Waals surface area contributed by atoms with E-state index in [9.17, 15) is 4.79 Å². The zero-order valence-corrected chi connectivity index (χ0v) is 12.9. The molecule has 0 bridgehead atoms. The highest BCUT2D eigenvalue weighted by atomic mass is 16.2. The van der Waals surface area contributed by atoms with E-state index in [2.05, 4.69) is 26.2 Å². The van der Waals surface area contributed by atoms with Gasteiger partial charge in [-0.05, 0) is 18.9 Å². The number of amides is 2. The number of urea groups is 1. The first-order valence-electron chi connectivity index (χ1n) is 8.27. The maximum absolute atomic E-state index is 11.7. The minimum absolute atomic E-state index is 0.0828. The van der Waals surface area contributed by atoms with Crippen LogP contribution >= 0.6 is 0 Å². The van der Waals surface area contributed by atoms with Gasteiger partial charge in [-0.3, -0.25) is 4.90 Å². The van der Waals surface area contributed by atoms with Gasteiger partial charge in [0.2, 0.25) is 0 Å². The van der Waals surface area contributed by atoms with Crippen molar-refractivity contribution >= 4 is 11.8 Å². The number of hydrogen-bond acceptors (Lipinski definition) is 4. The fraction of sp³-hybridized carbons (Fsp3) is 0.625. The number of hydrogen-bond donors (Lipinski definition) is 1. The number of rotatable bonds is 3. The molecule has 0 aromatic carbocycles. The average molecular weight is 301 g/mol. The van der Waals surface area contributed by atoms with E-state index >= 15 is 0 Å². The van der Waals surface area contributed by atoms with Crippen molar-refractivity contribution in [3.05, 3.63) is 23.9 Å². The largest absolute Gasteiger partial charge is 0.352 e. The van der Waals surface area contributed by atoms with Gasteiger partial charge in [-0.25, -0.2) is 9.78 Å². The fourth-order valence-electron chi connectivity index (χ4n) is 3.88. The minimum atomic E-state index is 0.0828. The highest BCUT2D eigenvalue weighted by Gasteiger charge is 2.32. The minimum Gasteiger partial charge on any atom is -0.352 e. The van der Waals surface area contributed by atoms with Crippen LogP contribution in [-0.4, -0.2) is 66.1 Å². The van der Waals surface area contributed by atoms with Gasteiger partial charge in [-0.15, -0.1) is 0 Å². The molecular formula is C16H23N5O. The predicted molar refractivity (Wildman–Crippen MR) is 84.9 cm³/mol. The van der Waals surface area contributed by atoms with Gasteiger partial charge in [0.25, 0.3) is 0 Å². The molecule has 2 amide bonds. The van der Waals surface area contributed by atoms with Crippen LogP contribution in [0.5, 0.6) is 0 Å². The lowest BCUT2D eigenvalue weighted by Crippen LogP contribution is -2.41. The summed E-state index contributed by atoms with van der Waals surface area (Å²) in [7, 11) is 0. The number of fused-ring (bicyclic) bond motifs is 3. The summed E-state index contributed by atoms with van der Waals surface area (Å²) in [6.07, 6.45) is 4.40. The maximum atomic E-state index is 11.7. The summed E-state index contributed by atoms with van der Waals surface area (Å²) in [6.45, 7) is 6.50. The van der Waals surface area contributed by atoms with Gasteiger partial charge >= 0.3 is 6.03 Å². The monoisotopic (exact) mass is 301 g/mol. The second-order valence-corrected chi connectivity index (χ2v) is 6.43. The van der Waals surface area contributed by atoms with Gasteiger partial charge in [-0.1, -0.05) is 6.07 Å². The zero-order valence-electron chi connectivity index (χ0n) is 12.9. The molecule has 0 unspecified atom stereocenters. The Bertz CT molecular complexity index is 563. The van der Waals surface area contributed by atoms with Crippen LogP contribution in [0.15, 0.2) is 18.3 Å². The molecule has 0 aliphatic carbocycles. The first kappa shape index (κ1) is 13.8. The number of aromatic nitrogens is 1. The summed E-state index contributed by atoms with van der Waals surface area (Å²) >= 11 is 0. The van der Waals surface area contributed by atoms with E-state index in [1.54, 1.807) is 0 Å². The molecule has 1 aromatic heterocycles. The van der Waals surface area contributed by atoms with E-state index in [0.29, 0.717) is 6.04 Å². The van der Waals surface area contributed by atoms with E-state index in [0.717, 1.165) is 45.8 Å². The molecule has 118 valence electrons. The Kier molecular flexibility index (Phi) is 3.62. The second kappa shape index (κ2) is 5.76. The molecule has 4 heterocycles. The third-order valence-electron chi connectivity index (χ3n) is 5.01. The number of nitrogens with one attached hydrogen (secondary N) is 1. The number of carbonyl (C=O) groups is 1. The van der Waals surface area contributed by atoms with E-state index in [-0.39, 0.29) is 6.03 Å². The first-order valence-corrected chi connectivity index (χ1v) is 8.27. The SMILES string of the molecule is O=C1NCCN1CCN1Cc2cccnc2N2CCC[C@H]2C1.